The van der Waals surface area contributed by atoms with E-state index in [4.69, 9.17) is 4.98 Å². The molecule has 1 unspecified atom stereocenters. The molecule has 6 heteroatoms. The lowest BCUT2D eigenvalue weighted by Gasteiger charge is -2.11. The zero-order valence-corrected chi connectivity index (χ0v) is 19.5. The van der Waals surface area contributed by atoms with Crippen LogP contribution >= 0.6 is 11.3 Å². The smallest absolute Gasteiger partial charge is 0.242 e. The summed E-state index contributed by atoms with van der Waals surface area (Å²) < 4.78 is 0. The minimum Gasteiger partial charge on any atom is -0.309 e. The van der Waals surface area contributed by atoms with E-state index in [1.165, 1.54) is 0 Å². The topological polar surface area (TPSA) is 66.9 Å². The van der Waals surface area contributed by atoms with E-state index in [-0.39, 0.29) is 11.9 Å². The van der Waals surface area contributed by atoms with Gasteiger partial charge in [0.05, 0.1) is 16.6 Å². The van der Waals surface area contributed by atoms with Crippen LogP contribution in [0, 0.1) is 18.8 Å². The number of benzene rings is 2. The molecule has 0 fully saturated rings. The van der Waals surface area contributed by atoms with Gasteiger partial charge in [-0.05, 0) is 51.1 Å². The van der Waals surface area contributed by atoms with Crippen LogP contribution in [0.3, 0.4) is 0 Å². The van der Waals surface area contributed by atoms with Gasteiger partial charge in [0.25, 0.3) is 0 Å². The second-order valence-corrected chi connectivity index (χ2v) is 8.51. The number of hydrogen-bond acceptors (Lipinski definition) is 5. The maximum absolute atomic E-state index is 12.3. The largest absolute Gasteiger partial charge is 0.309 e. The Morgan fingerprint density at radius 2 is 1.64 bits per heavy atom. The molecule has 5 nitrogen and oxygen atoms in total. The molecule has 1 atom stereocenters. The molecule has 0 radical (unpaired) electrons. The molecular weight excluding hydrogens is 428 g/mol. The molecule has 0 saturated heterocycles. The van der Waals surface area contributed by atoms with Crippen molar-refractivity contribution in [3.05, 3.63) is 89.7 Å². The first-order valence-corrected chi connectivity index (χ1v) is 11.5. The highest BCUT2D eigenvalue weighted by molar-refractivity contribution is 7.18. The van der Waals surface area contributed by atoms with Crippen molar-refractivity contribution < 1.29 is 4.79 Å². The molecule has 0 saturated carbocycles. The van der Waals surface area contributed by atoms with Gasteiger partial charge in [-0.3, -0.25) is 4.79 Å². The Morgan fingerprint density at radius 1 is 0.939 bits per heavy atom. The molecule has 2 aromatic carbocycles. The molecule has 2 N–H and O–H groups in total. The quantitative estimate of drug-likeness (QED) is 0.412. The Kier molecular flexibility index (Phi) is 6.94. The van der Waals surface area contributed by atoms with Gasteiger partial charge in [-0.15, -0.1) is 11.3 Å². The highest BCUT2D eigenvalue weighted by atomic mass is 32.1. The lowest BCUT2D eigenvalue weighted by Crippen LogP contribution is -2.35. The van der Waals surface area contributed by atoms with Gasteiger partial charge in [-0.2, -0.15) is 0 Å². The van der Waals surface area contributed by atoms with E-state index in [0.717, 1.165) is 32.3 Å². The third-order valence-corrected chi connectivity index (χ3v) is 6.37. The molecule has 4 aromatic rings. The summed E-state index contributed by atoms with van der Waals surface area (Å²) in [7, 11) is 1.74. The van der Waals surface area contributed by atoms with Crippen LogP contribution in [-0.2, 0) is 4.79 Å². The van der Waals surface area contributed by atoms with Gasteiger partial charge in [0.15, 0.2) is 0 Å². The number of carbonyl (C=O) groups excluding carboxylic acids is 1. The van der Waals surface area contributed by atoms with E-state index >= 15 is 0 Å². The van der Waals surface area contributed by atoms with Crippen LogP contribution in [0.15, 0.2) is 72.8 Å². The number of hydrogen-bond donors (Lipinski definition) is 2. The van der Waals surface area contributed by atoms with E-state index < -0.39 is 0 Å². The average Bonchev–Trinajstić information content (AvgIpc) is 3.24. The Labute approximate surface area is 197 Å². The number of likely N-dealkylation sites (N-methyl/N-ethyl adjacent to an activating group) is 1. The Bertz CT molecular complexity index is 1320. The zero-order chi connectivity index (χ0) is 23.2. The zero-order valence-electron chi connectivity index (χ0n) is 18.7. The third kappa shape index (κ3) is 5.35. The van der Waals surface area contributed by atoms with Crippen LogP contribution in [-0.4, -0.2) is 29.0 Å². The maximum Gasteiger partial charge on any atom is 0.242 e. The molecule has 0 aliphatic heterocycles. The first-order chi connectivity index (χ1) is 16.0. The minimum absolute atomic E-state index is 0.153. The number of aryl methyl sites for hydroxylation is 1. The van der Waals surface area contributed by atoms with E-state index in [1.807, 2.05) is 67.6 Å². The van der Waals surface area contributed by atoms with E-state index in [0.29, 0.717) is 11.5 Å². The van der Waals surface area contributed by atoms with Crippen molar-refractivity contribution in [1.82, 2.24) is 15.3 Å². The van der Waals surface area contributed by atoms with Gasteiger partial charge < -0.3 is 10.6 Å². The van der Waals surface area contributed by atoms with Crippen molar-refractivity contribution in [1.29, 1.82) is 0 Å². The SMILES string of the molecule is CNC(C)C(=O)Nc1ccc(-c2sc(-c3ccccc3)nc2C)c(C#Cc2ccccc2)n1. The standard InChI is InChI=1S/C27H24N4OS/c1-18-25(33-27(29-18)21-12-8-5-9-13-21)22-15-17-24(31-26(32)19(2)28-3)30-23(22)16-14-20-10-6-4-7-11-20/h4-13,15,17,19,28H,1-3H3,(H,30,31,32). The number of thiazole rings is 1. The highest BCUT2D eigenvalue weighted by Crippen LogP contribution is 2.36. The number of nitrogens with zero attached hydrogens (tertiary/aromatic N) is 2. The lowest BCUT2D eigenvalue weighted by molar-refractivity contribution is -0.117. The van der Waals surface area contributed by atoms with E-state index in [9.17, 15) is 4.79 Å². The molecule has 4 rings (SSSR count). The van der Waals surface area contributed by atoms with E-state index in [1.54, 1.807) is 25.3 Å². The predicted molar refractivity (Wildman–Crippen MR) is 135 cm³/mol. The van der Waals surface area contributed by atoms with Crippen molar-refractivity contribution in [2.75, 3.05) is 12.4 Å². The summed E-state index contributed by atoms with van der Waals surface area (Å²) in [5, 5.41) is 6.75. The molecule has 0 spiro atoms. The van der Waals surface area contributed by atoms with Crippen molar-refractivity contribution in [2.24, 2.45) is 0 Å². The predicted octanol–water partition coefficient (Wildman–Crippen LogP) is 5.13. The number of rotatable bonds is 5. The number of amides is 1. The average molecular weight is 453 g/mol. The summed E-state index contributed by atoms with van der Waals surface area (Å²) in [5.74, 6) is 6.72. The highest BCUT2D eigenvalue weighted by Gasteiger charge is 2.17. The molecule has 0 aliphatic carbocycles. The van der Waals surface area contributed by atoms with Gasteiger partial charge in [-0.25, -0.2) is 9.97 Å². The summed E-state index contributed by atoms with van der Waals surface area (Å²) in [5.41, 5.74) is 4.39. The fourth-order valence-electron chi connectivity index (χ4n) is 3.18. The number of anilines is 1. The number of nitrogens with one attached hydrogen (secondary N) is 2. The van der Waals surface area contributed by atoms with Crippen molar-refractivity contribution >= 4 is 23.1 Å². The fourth-order valence-corrected chi connectivity index (χ4v) is 4.27. The Morgan fingerprint density at radius 3 is 2.33 bits per heavy atom. The second-order valence-electron chi connectivity index (χ2n) is 7.51. The van der Waals surface area contributed by atoms with Gasteiger partial charge in [0.2, 0.25) is 5.91 Å². The third-order valence-electron chi connectivity index (χ3n) is 5.13. The van der Waals surface area contributed by atoms with Gasteiger partial charge in [-0.1, -0.05) is 54.5 Å². The monoisotopic (exact) mass is 452 g/mol. The molecule has 0 aliphatic rings. The summed E-state index contributed by atoms with van der Waals surface area (Å²) in [4.78, 5) is 22.8. The normalized spacial score (nSPS) is 11.4. The molecule has 164 valence electrons. The van der Waals surface area contributed by atoms with Crippen molar-refractivity contribution in [3.63, 3.8) is 0 Å². The van der Waals surface area contributed by atoms with Crippen LogP contribution in [0.5, 0.6) is 0 Å². The lowest BCUT2D eigenvalue weighted by atomic mass is 10.1. The minimum atomic E-state index is -0.331. The van der Waals surface area contributed by atoms with Crippen LogP contribution in [0.2, 0.25) is 0 Å². The first kappa shape index (κ1) is 22.4. The first-order valence-electron chi connectivity index (χ1n) is 10.6. The van der Waals surface area contributed by atoms with Gasteiger partial charge in [0.1, 0.15) is 16.5 Å². The number of aromatic nitrogens is 2. The van der Waals surface area contributed by atoms with Gasteiger partial charge in [0, 0.05) is 16.7 Å². The molecular formula is C27H24N4OS. The van der Waals surface area contributed by atoms with E-state index in [2.05, 4.69) is 39.6 Å². The summed E-state index contributed by atoms with van der Waals surface area (Å²) in [6, 6.07) is 23.3. The summed E-state index contributed by atoms with van der Waals surface area (Å²) >= 11 is 1.61. The summed E-state index contributed by atoms with van der Waals surface area (Å²) in [6.07, 6.45) is 0. The molecule has 1 amide bonds. The fraction of sp³-hybridized carbons (Fsp3) is 0.148. The molecule has 0 bridgehead atoms. The second kappa shape index (κ2) is 10.2. The van der Waals surface area contributed by atoms with Crippen LogP contribution < -0.4 is 10.6 Å². The Balaban J connectivity index is 1.77. The van der Waals surface area contributed by atoms with Gasteiger partial charge >= 0.3 is 0 Å². The number of pyridine rings is 1. The maximum atomic E-state index is 12.3. The Hall–Kier alpha value is -3.79. The van der Waals surface area contributed by atoms with Crippen molar-refractivity contribution in [3.8, 4) is 32.9 Å². The molecule has 2 heterocycles. The number of carbonyl (C=O) groups is 1. The molecule has 33 heavy (non-hydrogen) atoms. The molecule has 2 aromatic heterocycles. The van der Waals surface area contributed by atoms with Crippen LogP contribution in [0.25, 0.3) is 21.0 Å². The van der Waals surface area contributed by atoms with Crippen molar-refractivity contribution in [2.45, 2.75) is 19.9 Å². The van der Waals surface area contributed by atoms with Crippen LogP contribution in [0.4, 0.5) is 5.82 Å². The van der Waals surface area contributed by atoms with Crippen LogP contribution in [0.1, 0.15) is 23.9 Å². The summed E-state index contributed by atoms with van der Waals surface area (Å²) in [6.45, 7) is 3.79.